The molecule has 0 spiro atoms. The second-order valence-electron chi connectivity index (χ2n) is 25.5. The topological polar surface area (TPSA) is 696 Å². The van der Waals surface area contributed by atoms with Gasteiger partial charge in [0, 0.05) is 27.3 Å². The molecule has 30 unspecified atom stereocenters. The van der Waals surface area contributed by atoms with Gasteiger partial charge in [-0.25, -0.2) is 14.4 Å². The molecule has 1 aromatic carbocycles. The van der Waals surface area contributed by atoms with Crippen LogP contribution in [0.4, 0.5) is 25.8 Å². The highest BCUT2D eigenvalue weighted by molar-refractivity contribution is 7.99. The minimum atomic E-state index is -2.05. The lowest BCUT2D eigenvalue weighted by molar-refractivity contribution is -0.382. The summed E-state index contributed by atoms with van der Waals surface area (Å²) in [6.45, 7) is -8.26. The van der Waals surface area contributed by atoms with Crippen molar-refractivity contribution in [3.05, 3.63) is 20.4 Å². The Hall–Kier alpha value is -4.97. The summed E-state index contributed by atoms with van der Waals surface area (Å²) >= 11 is 1.45. The van der Waals surface area contributed by atoms with E-state index in [1.165, 1.54) is 11.8 Å². The fourth-order valence-electron chi connectivity index (χ4n) is 12.1. The molecule has 0 saturated carbocycles. The first-order valence-corrected chi connectivity index (χ1v) is 35.9. The maximum absolute atomic E-state index is 13.4. The van der Waals surface area contributed by atoms with E-state index in [0.29, 0.717) is 0 Å². The lowest BCUT2D eigenvalue weighted by Crippen LogP contribution is -2.67. The lowest BCUT2D eigenvalue weighted by atomic mass is 9.96. The number of ether oxygens (including phenoxy) is 17. The van der Waals surface area contributed by atoms with E-state index in [1.807, 2.05) is 6.92 Å². The van der Waals surface area contributed by atoms with Crippen molar-refractivity contribution in [3.63, 3.8) is 0 Å². The second-order valence-corrected chi connectivity index (χ2v) is 26.6. The smallest absolute Gasteiger partial charge is 0.408 e. The van der Waals surface area contributed by atoms with Gasteiger partial charge in [-0.2, -0.15) is 11.8 Å². The number of aliphatic hydroxyl groups excluding tert-OH is 18. The van der Waals surface area contributed by atoms with Crippen LogP contribution < -0.4 is 42.8 Å². The van der Waals surface area contributed by atoms with Gasteiger partial charge in [-0.1, -0.05) is 13.3 Å². The highest BCUT2D eigenvalue weighted by Crippen LogP contribution is 2.37. The van der Waals surface area contributed by atoms with E-state index in [4.69, 9.17) is 80.5 Å². The van der Waals surface area contributed by atoms with Crippen molar-refractivity contribution >= 4 is 47.3 Å². The predicted molar refractivity (Wildman–Crippen MR) is 355 cm³/mol. The Labute approximate surface area is 624 Å². The van der Waals surface area contributed by atoms with Gasteiger partial charge in [-0.05, 0) is 12.2 Å². The van der Waals surface area contributed by atoms with Crippen molar-refractivity contribution in [3.8, 4) is 0 Å². The van der Waals surface area contributed by atoms with Crippen LogP contribution in [0.3, 0.4) is 0 Å². The number of thioether (sulfide) groups is 1. The molecule has 0 aliphatic carbocycles. The molecule has 109 heavy (non-hydrogen) atoms. The van der Waals surface area contributed by atoms with E-state index >= 15 is 0 Å². The molecule has 628 valence electrons. The van der Waals surface area contributed by atoms with Crippen LogP contribution in [0.5, 0.6) is 0 Å². The number of unbranched alkanes of at least 4 members (excludes halogenated alkanes) is 1. The number of methoxy groups -OCH3 is 2. The van der Waals surface area contributed by atoms with E-state index in [-0.39, 0.29) is 36.1 Å². The fraction of sp³-hybridized carbons (Fsp3) is 0.869. The number of hydrogen-bond donors (Lipinski definition) is 24. The number of hydrogen-bond acceptors (Lipinski definition) is 44. The third-order valence-corrected chi connectivity index (χ3v) is 19.1. The van der Waals surface area contributed by atoms with Gasteiger partial charge in [-0.15, -0.1) is 0 Å². The maximum Gasteiger partial charge on any atom is 0.408 e. The number of carbonyl (C=O) groups is 4. The average molecular weight is 1610 g/mol. The molecule has 48 heteroatoms. The van der Waals surface area contributed by atoms with Crippen molar-refractivity contribution < 1.29 is 192 Å². The maximum atomic E-state index is 13.4. The monoisotopic (exact) mass is 1610 g/mol. The number of nitrogens with one attached hydrogen (secondary N) is 6. The highest BCUT2D eigenvalue weighted by Gasteiger charge is 2.57. The Morgan fingerprint density at radius 1 is 0.413 bits per heavy atom. The van der Waals surface area contributed by atoms with Gasteiger partial charge < -0.3 is 204 Å². The van der Waals surface area contributed by atoms with Crippen molar-refractivity contribution in [2.45, 2.75) is 210 Å². The van der Waals surface area contributed by atoms with Gasteiger partial charge in [0.2, 0.25) is 5.91 Å². The molecule has 6 aliphatic heterocycles. The molecule has 0 aromatic heterocycles. The Balaban J connectivity index is 1.01. The number of rotatable bonds is 41. The van der Waals surface area contributed by atoms with Gasteiger partial charge in [-0.3, -0.25) is 14.4 Å². The zero-order valence-electron chi connectivity index (χ0n) is 59.2. The molecular formula is C61H102N6O41S. The van der Waals surface area contributed by atoms with Crippen molar-refractivity contribution in [2.75, 3.05) is 135 Å². The molecule has 6 heterocycles. The summed E-state index contributed by atoms with van der Waals surface area (Å²) in [6, 6.07) is 0. The van der Waals surface area contributed by atoms with Crippen molar-refractivity contribution in [1.82, 2.24) is 21.3 Å². The van der Waals surface area contributed by atoms with Gasteiger partial charge in [0.1, 0.15) is 177 Å². The zero-order chi connectivity index (χ0) is 79.9. The van der Waals surface area contributed by atoms with Crippen LogP contribution >= 0.6 is 11.8 Å². The van der Waals surface area contributed by atoms with Crippen molar-refractivity contribution in [1.29, 1.82) is 0 Å². The van der Waals surface area contributed by atoms with Crippen LogP contribution in [0, 0.1) is 0 Å². The summed E-state index contributed by atoms with van der Waals surface area (Å²) in [5, 5.41) is 206. The van der Waals surface area contributed by atoms with Crippen LogP contribution in [0.25, 0.3) is 0 Å². The summed E-state index contributed by atoms with van der Waals surface area (Å²) in [4.78, 5) is 77.4. The fourth-order valence-corrected chi connectivity index (χ4v) is 13.0. The van der Waals surface area contributed by atoms with Crippen LogP contribution in [0.2, 0.25) is 0 Å². The molecule has 6 saturated heterocycles. The molecule has 4 amide bonds. The molecule has 6 aliphatic rings. The predicted octanol–water partition coefficient (Wildman–Crippen LogP) is -13.5. The molecule has 0 radical (unpaired) electrons. The largest absolute Gasteiger partial charge is 0.447 e. The number of amides is 4. The Morgan fingerprint density at radius 3 is 1.19 bits per heavy atom. The second kappa shape index (κ2) is 44.6. The quantitative estimate of drug-likeness (QED) is 0.0125. The molecule has 7 rings (SSSR count). The summed E-state index contributed by atoms with van der Waals surface area (Å²) in [5.74, 6) is 0.757. The third kappa shape index (κ3) is 23.8. The summed E-state index contributed by atoms with van der Waals surface area (Å²) in [5.41, 5.74) is -2.25. The van der Waals surface area contributed by atoms with Gasteiger partial charge in [0.15, 0.2) is 37.7 Å². The molecule has 47 nitrogen and oxygen atoms in total. The first-order chi connectivity index (χ1) is 52.1. The van der Waals surface area contributed by atoms with E-state index in [0.717, 1.165) is 32.8 Å². The number of anilines is 2. The van der Waals surface area contributed by atoms with E-state index < -0.39 is 305 Å². The summed E-state index contributed by atoms with van der Waals surface area (Å²) in [6.07, 6.45) is -57.3. The normalized spacial score (nSPS) is 37.3. The number of aliphatic hydroxyl groups is 18. The SMILES string of the molecule is CCCCSCC(=O)NCCNc1c(NCNC(=O)OC(CNC(=O)OCCOC2C(OC3C(CO)OC(OC)C(O)C3O)OC(CO)C(OC3OC(CO)C(O)C(O)C3O)C2O)CNC(=O)OCCOC2C(OC3C(CO)OC(OC)C(O)C3O)OC(CO)C(OC3OC(CO)C(O)C(O)C3O)C2O)c(=O)c1=O. The van der Waals surface area contributed by atoms with Gasteiger partial charge in [0.25, 0.3) is 10.9 Å². The first-order valence-electron chi connectivity index (χ1n) is 34.7. The summed E-state index contributed by atoms with van der Waals surface area (Å²) in [7, 11) is 2.27. The molecule has 1 aromatic rings. The van der Waals surface area contributed by atoms with E-state index in [2.05, 4.69) is 31.9 Å². The van der Waals surface area contributed by atoms with Crippen LogP contribution in [-0.2, 0) is 85.3 Å². The average Bonchev–Trinajstić information content (AvgIpc) is 0.776. The first kappa shape index (κ1) is 91.2. The van der Waals surface area contributed by atoms with Gasteiger partial charge >= 0.3 is 18.3 Å². The zero-order valence-corrected chi connectivity index (χ0v) is 60.0. The number of alkyl carbamates (subject to hydrolysis) is 3. The Kier molecular flexibility index (Phi) is 37.3. The van der Waals surface area contributed by atoms with Crippen LogP contribution in [-0.4, -0.2) is 431 Å². The lowest BCUT2D eigenvalue weighted by Gasteiger charge is -2.49. The minimum absolute atomic E-state index is 0.0296. The Bertz CT molecular complexity index is 2840. The molecular weight excluding hydrogens is 1500 g/mol. The van der Waals surface area contributed by atoms with E-state index in [1.54, 1.807) is 0 Å². The Morgan fingerprint density at radius 2 is 0.789 bits per heavy atom. The third-order valence-electron chi connectivity index (χ3n) is 18.1. The van der Waals surface area contributed by atoms with Crippen LogP contribution in [0.1, 0.15) is 19.8 Å². The van der Waals surface area contributed by atoms with Gasteiger partial charge in [0.05, 0.1) is 78.4 Å². The standard InChI is InChI=1S/C61H102N6O41S/c1-4-5-12-109-21-30(74)62-6-7-63-31-32(36(78)35(31)77)66-22-67-61(91)98-23(13-64-59(89)96-10-8-94-51-45(87)49(105-55-41(83)37(79)33(75)24(15-68)99-55)28(19-72)103-57(51)107-47-26(17-70)101-53(92-2)43(85)39(47)81)14-65-60(90)97-11-9-95-52-46(88)50(106-56-42(84)38(80)34(76)25(16-69)100-56)29(20-73)104-58(52)108-48-27(18-71)102-54(93-3)44(86)40(48)82/h23-29,33-34,37-58,63,66,68-73,75-76,79-88H,4-22H2,1-3H3,(H,62,74)(H,64,89)(H,65,90)(H,67,91). The summed E-state index contributed by atoms with van der Waals surface area (Å²) < 4.78 is 95.0. The van der Waals surface area contributed by atoms with E-state index in [9.17, 15) is 121 Å². The van der Waals surface area contributed by atoms with Crippen LogP contribution in [0.15, 0.2) is 9.59 Å². The molecule has 24 N–H and O–H groups in total. The molecule has 6 fully saturated rings. The number of carbonyl (C=O) groups excluding carboxylic acids is 4. The van der Waals surface area contributed by atoms with Crippen molar-refractivity contribution in [2.24, 2.45) is 0 Å². The molecule has 30 atom stereocenters. The minimum Gasteiger partial charge on any atom is -0.447 e. The highest BCUT2D eigenvalue weighted by atomic mass is 32.2. The molecule has 0 bridgehead atoms.